The summed E-state index contributed by atoms with van der Waals surface area (Å²) in [5, 5.41) is 14.8. The summed E-state index contributed by atoms with van der Waals surface area (Å²) < 4.78 is 3.24. The zero-order valence-electron chi connectivity index (χ0n) is 13.7. The molecule has 0 atom stereocenters. The fraction of sp³-hybridized carbons (Fsp3) is 0.333. The monoisotopic (exact) mass is 358 g/mol. The van der Waals surface area contributed by atoms with E-state index < -0.39 is 5.60 Å². The zero-order valence-corrected chi connectivity index (χ0v) is 14.4. The minimum absolute atomic E-state index is 0.187. The third-order valence-electron chi connectivity index (χ3n) is 4.75. The van der Waals surface area contributed by atoms with Crippen LogP contribution >= 0.6 is 11.6 Å². The van der Waals surface area contributed by atoms with Crippen molar-refractivity contribution in [3.05, 3.63) is 58.2 Å². The SMILES string of the molecule is O=c1c2cc(Cl)n(-c3ccccc3)c2ncn1CC1(O)CCNCC1. The molecule has 25 heavy (non-hydrogen) atoms. The van der Waals surface area contributed by atoms with Crippen LogP contribution in [0.2, 0.25) is 5.15 Å². The van der Waals surface area contributed by atoms with Crippen LogP contribution in [0.5, 0.6) is 0 Å². The molecule has 1 aromatic carbocycles. The molecular formula is C18H19ClN4O2. The topological polar surface area (TPSA) is 72.1 Å². The maximum Gasteiger partial charge on any atom is 0.262 e. The molecule has 6 nitrogen and oxygen atoms in total. The summed E-state index contributed by atoms with van der Waals surface area (Å²) in [5.41, 5.74) is 0.309. The average molecular weight is 359 g/mol. The van der Waals surface area contributed by atoms with Crippen molar-refractivity contribution in [3.63, 3.8) is 0 Å². The number of rotatable bonds is 3. The Morgan fingerprint density at radius 3 is 2.68 bits per heavy atom. The van der Waals surface area contributed by atoms with Crippen molar-refractivity contribution in [2.75, 3.05) is 13.1 Å². The van der Waals surface area contributed by atoms with Crippen molar-refractivity contribution in [1.82, 2.24) is 19.4 Å². The lowest BCUT2D eigenvalue weighted by Crippen LogP contribution is -2.46. The molecule has 3 aromatic rings. The summed E-state index contributed by atoms with van der Waals surface area (Å²) in [6, 6.07) is 11.2. The normalized spacial score (nSPS) is 17.0. The van der Waals surface area contributed by atoms with Gasteiger partial charge in [-0.1, -0.05) is 29.8 Å². The Balaban J connectivity index is 1.78. The molecule has 3 heterocycles. The predicted octanol–water partition coefficient (Wildman–Crippen LogP) is 1.96. The first-order chi connectivity index (χ1) is 12.1. The molecule has 0 spiro atoms. The molecule has 2 N–H and O–H groups in total. The number of benzene rings is 1. The number of para-hydroxylation sites is 1. The molecule has 0 bridgehead atoms. The van der Waals surface area contributed by atoms with E-state index in [-0.39, 0.29) is 12.1 Å². The Kier molecular flexibility index (Phi) is 4.11. The number of hydrogen-bond donors (Lipinski definition) is 2. The van der Waals surface area contributed by atoms with Crippen molar-refractivity contribution in [3.8, 4) is 5.69 Å². The smallest absolute Gasteiger partial charge is 0.262 e. The number of piperidine rings is 1. The first-order valence-corrected chi connectivity index (χ1v) is 8.70. The Labute approximate surface area is 149 Å². The molecular weight excluding hydrogens is 340 g/mol. The largest absolute Gasteiger partial charge is 0.388 e. The van der Waals surface area contributed by atoms with E-state index in [0.717, 1.165) is 18.8 Å². The van der Waals surface area contributed by atoms with Gasteiger partial charge in [-0.15, -0.1) is 0 Å². The van der Waals surface area contributed by atoms with Gasteiger partial charge in [-0.2, -0.15) is 0 Å². The van der Waals surface area contributed by atoms with Crippen LogP contribution in [0.25, 0.3) is 16.7 Å². The van der Waals surface area contributed by atoms with Crippen LogP contribution in [0.4, 0.5) is 0 Å². The zero-order chi connectivity index (χ0) is 17.4. The van der Waals surface area contributed by atoms with Crippen LogP contribution < -0.4 is 10.9 Å². The number of aliphatic hydroxyl groups is 1. The van der Waals surface area contributed by atoms with Gasteiger partial charge >= 0.3 is 0 Å². The van der Waals surface area contributed by atoms with E-state index >= 15 is 0 Å². The Morgan fingerprint density at radius 1 is 1.24 bits per heavy atom. The van der Waals surface area contributed by atoms with Gasteiger partial charge in [0.2, 0.25) is 0 Å². The first-order valence-electron chi connectivity index (χ1n) is 8.32. The number of halogens is 1. The second-order valence-corrected chi connectivity index (χ2v) is 6.91. The van der Waals surface area contributed by atoms with Crippen molar-refractivity contribution < 1.29 is 5.11 Å². The Hall–Kier alpha value is -2.15. The summed E-state index contributed by atoms with van der Waals surface area (Å²) in [6.45, 7) is 1.73. The lowest BCUT2D eigenvalue weighted by molar-refractivity contribution is -0.00627. The van der Waals surface area contributed by atoms with Crippen LogP contribution in [0.15, 0.2) is 47.5 Å². The van der Waals surface area contributed by atoms with Crippen LogP contribution in [0.3, 0.4) is 0 Å². The second kappa shape index (κ2) is 6.29. The summed E-state index contributed by atoms with van der Waals surface area (Å²) in [5.74, 6) is 0. The van der Waals surface area contributed by atoms with E-state index in [2.05, 4.69) is 10.3 Å². The fourth-order valence-electron chi connectivity index (χ4n) is 3.39. The number of nitrogens with zero attached hydrogens (tertiary/aromatic N) is 3. The Morgan fingerprint density at radius 2 is 1.96 bits per heavy atom. The molecule has 0 radical (unpaired) electrons. The molecule has 2 aromatic heterocycles. The standard InChI is InChI=1S/C18H19ClN4O2/c19-15-10-14-16(23(15)13-4-2-1-3-5-13)21-12-22(17(14)24)11-18(25)6-8-20-9-7-18/h1-5,10,12,20,25H,6-9,11H2. The van der Waals surface area contributed by atoms with Crippen LogP contribution in [-0.2, 0) is 6.54 Å². The van der Waals surface area contributed by atoms with E-state index in [9.17, 15) is 9.90 Å². The number of aromatic nitrogens is 3. The Bertz CT molecular complexity index is 958. The van der Waals surface area contributed by atoms with Crippen molar-refractivity contribution >= 4 is 22.6 Å². The van der Waals surface area contributed by atoms with Gasteiger partial charge in [0, 0.05) is 5.69 Å². The molecule has 7 heteroatoms. The van der Waals surface area contributed by atoms with Gasteiger partial charge in [-0.3, -0.25) is 13.9 Å². The highest BCUT2D eigenvalue weighted by Gasteiger charge is 2.30. The summed E-state index contributed by atoms with van der Waals surface area (Å²) in [6.07, 6.45) is 2.73. The molecule has 130 valence electrons. The van der Waals surface area contributed by atoms with E-state index in [1.165, 1.54) is 10.9 Å². The van der Waals surface area contributed by atoms with Crippen LogP contribution in [0.1, 0.15) is 12.8 Å². The predicted molar refractivity (Wildman–Crippen MR) is 97.4 cm³/mol. The highest BCUT2D eigenvalue weighted by Crippen LogP contribution is 2.25. The lowest BCUT2D eigenvalue weighted by Gasteiger charge is -2.32. The van der Waals surface area contributed by atoms with E-state index in [4.69, 9.17) is 11.6 Å². The first kappa shape index (κ1) is 16.3. The third kappa shape index (κ3) is 2.97. The van der Waals surface area contributed by atoms with E-state index in [1.54, 1.807) is 10.6 Å². The van der Waals surface area contributed by atoms with Crippen LogP contribution in [-0.4, -0.2) is 37.9 Å². The maximum atomic E-state index is 12.9. The molecule has 0 aliphatic carbocycles. The van der Waals surface area contributed by atoms with Crippen molar-refractivity contribution in [2.45, 2.75) is 25.0 Å². The average Bonchev–Trinajstić information content (AvgIpc) is 2.96. The van der Waals surface area contributed by atoms with Crippen molar-refractivity contribution in [2.24, 2.45) is 0 Å². The molecule has 0 saturated carbocycles. The van der Waals surface area contributed by atoms with Gasteiger partial charge in [-0.05, 0) is 44.1 Å². The molecule has 1 aliphatic rings. The van der Waals surface area contributed by atoms with E-state index in [0.29, 0.717) is 29.0 Å². The molecule has 1 aliphatic heterocycles. The minimum atomic E-state index is -0.879. The highest BCUT2D eigenvalue weighted by molar-refractivity contribution is 6.31. The van der Waals surface area contributed by atoms with Crippen LogP contribution in [0, 0.1) is 0 Å². The molecule has 0 unspecified atom stereocenters. The minimum Gasteiger partial charge on any atom is -0.388 e. The summed E-state index contributed by atoms with van der Waals surface area (Å²) >= 11 is 6.36. The quantitative estimate of drug-likeness (QED) is 0.750. The van der Waals surface area contributed by atoms with Gasteiger partial charge < -0.3 is 10.4 Å². The van der Waals surface area contributed by atoms with Gasteiger partial charge in [0.25, 0.3) is 5.56 Å². The third-order valence-corrected chi connectivity index (χ3v) is 5.03. The second-order valence-electron chi connectivity index (χ2n) is 6.53. The summed E-state index contributed by atoms with van der Waals surface area (Å²) in [4.78, 5) is 17.3. The van der Waals surface area contributed by atoms with Gasteiger partial charge in [0.1, 0.15) is 11.5 Å². The molecule has 0 amide bonds. The number of fused-ring (bicyclic) bond motifs is 1. The number of nitrogens with one attached hydrogen (secondary N) is 1. The number of hydrogen-bond acceptors (Lipinski definition) is 4. The van der Waals surface area contributed by atoms with Gasteiger partial charge in [0.15, 0.2) is 5.65 Å². The molecule has 4 rings (SSSR count). The maximum absolute atomic E-state index is 12.9. The summed E-state index contributed by atoms with van der Waals surface area (Å²) in [7, 11) is 0. The lowest BCUT2D eigenvalue weighted by atomic mass is 9.92. The molecule has 1 saturated heterocycles. The fourth-order valence-corrected chi connectivity index (χ4v) is 3.68. The van der Waals surface area contributed by atoms with Crippen molar-refractivity contribution in [1.29, 1.82) is 0 Å². The molecule has 1 fully saturated rings. The van der Waals surface area contributed by atoms with E-state index in [1.807, 2.05) is 30.3 Å². The highest BCUT2D eigenvalue weighted by atomic mass is 35.5. The van der Waals surface area contributed by atoms with Gasteiger partial charge in [0.05, 0.1) is 17.5 Å². The van der Waals surface area contributed by atoms with Gasteiger partial charge in [-0.25, -0.2) is 4.98 Å².